The van der Waals surface area contributed by atoms with Crippen molar-refractivity contribution in [3.63, 3.8) is 0 Å². The zero-order chi connectivity index (χ0) is 19.1. The number of hydrogen-bond acceptors (Lipinski definition) is 3. The molecule has 1 heterocycles. The Labute approximate surface area is 164 Å². The average Bonchev–Trinajstić information content (AvgIpc) is 3.07. The Morgan fingerprint density at radius 3 is 2.58 bits per heavy atom. The molecule has 1 aromatic carbocycles. The van der Waals surface area contributed by atoms with Crippen LogP contribution in [0.5, 0.6) is 0 Å². The molecule has 1 aliphatic heterocycles. The monoisotopic (exact) mass is 398 g/mol. The van der Waals surface area contributed by atoms with Gasteiger partial charge in [-0.2, -0.15) is 0 Å². The second-order valence-electron chi connectivity index (χ2n) is 8.09. The molecular weight excluding hydrogens is 375 g/mol. The number of amides is 2. The van der Waals surface area contributed by atoms with E-state index in [4.69, 9.17) is 27.9 Å². The minimum Gasteiger partial charge on any atom is -0.444 e. The van der Waals surface area contributed by atoms with Crippen molar-refractivity contribution in [2.24, 2.45) is 11.8 Å². The molecule has 0 bridgehead atoms. The quantitative estimate of drug-likeness (QED) is 0.804. The molecule has 7 heteroatoms. The van der Waals surface area contributed by atoms with E-state index < -0.39 is 5.60 Å². The summed E-state index contributed by atoms with van der Waals surface area (Å²) in [4.78, 5) is 26.6. The van der Waals surface area contributed by atoms with Gasteiger partial charge in [-0.3, -0.25) is 4.79 Å². The number of rotatable bonds is 2. The topological polar surface area (TPSA) is 58.6 Å². The summed E-state index contributed by atoms with van der Waals surface area (Å²) < 4.78 is 5.47. The fourth-order valence-corrected chi connectivity index (χ4v) is 4.33. The molecule has 1 saturated heterocycles. The maximum absolute atomic E-state index is 12.6. The number of carbonyl (C=O) groups is 2. The van der Waals surface area contributed by atoms with E-state index in [1.165, 1.54) is 0 Å². The Morgan fingerprint density at radius 2 is 1.92 bits per heavy atom. The standard InChI is InChI=1S/C19H24Cl2N2O3/c1-19(2,3)26-18(25)23-9-11-4-7-16(14(11)10-23)22-17(24)13-6-5-12(20)8-15(13)21/h5-6,8,11,14,16H,4,7,9-10H2,1-3H3,(H,22,24). The third-order valence-corrected chi connectivity index (χ3v) is 5.55. The molecule has 1 saturated carbocycles. The molecule has 3 rings (SSSR count). The highest BCUT2D eigenvalue weighted by Gasteiger charge is 2.45. The molecule has 26 heavy (non-hydrogen) atoms. The van der Waals surface area contributed by atoms with Gasteiger partial charge < -0.3 is 15.0 Å². The van der Waals surface area contributed by atoms with E-state index in [1.807, 2.05) is 20.8 Å². The molecule has 2 amide bonds. The van der Waals surface area contributed by atoms with E-state index >= 15 is 0 Å². The molecule has 3 atom stereocenters. The van der Waals surface area contributed by atoms with Crippen molar-refractivity contribution in [1.29, 1.82) is 0 Å². The Kier molecular flexibility index (Phi) is 5.40. The zero-order valence-electron chi connectivity index (χ0n) is 15.2. The van der Waals surface area contributed by atoms with Crippen LogP contribution in [0.25, 0.3) is 0 Å². The van der Waals surface area contributed by atoms with Crippen LogP contribution >= 0.6 is 23.2 Å². The van der Waals surface area contributed by atoms with Crippen LogP contribution in [0.1, 0.15) is 44.0 Å². The predicted octanol–water partition coefficient (Wildman–Crippen LogP) is 4.37. The molecule has 1 aliphatic carbocycles. The summed E-state index contributed by atoms with van der Waals surface area (Å²) in [5.41, 5.74) is -0.0882. The lowest BCUT2D eigenvalue weighted by atomic mass is 9.97. The fraction of sp³-hybridized carbons (Fsp3) is 0.579. The van der Waals surface area contributed by atoms with Gasteiger partial charge in [-0.05, 0) is 57.7 Å². The molecular formula is C19H24Cl2N2O3. The number of likely N-dealkylation sites (tertiary alicyclic amines) is 1. The van der Waals surface area contributed by atoms with Crippen LogP contribution in [0.3, 0.4) is 0 Å². The summed E-state index contributed by atoms with van der Waals surface area (Å²) >= 11 is 12.0. The van der Waals surface area contributed by atoms with Gasteiger partial charge in [-0.1, -0.05) is 23.2 Å². The normalized spacial score (nSPS) is 25.1. The van der Waals surface area contributed by atoms with Crippen molar-refractivity contribution in [2.45, 2.75) is 45.3 Å². The summed E-state index contributed by atoms with van der Waals surface area (Å²) in [6.07, 6.45) is 1.62. The Bertz CT molecular complexity index is 717. The summed E-state index contributed by atoms with van der Waals surface area (Å²) in [5, 5.41) is 3.93. The predicted molar refractivity (Wildman–Crippen MR) is 102 cm³/mol. The molecule has 0 aromatic heterocycles. The van der Waals surface area contributed by atoms with Crippen LogP contribution in [0.2, 0.25) is 10.0 Å². The van der Waals surface area contributed by atoms with Crippen molar-refractivity contribution in [3.8, 4) is 0 Å². The van der Waals surface area contributed by atoms with Gasteiger partial charge in [0.15, 0.2) is 0 Å². The Morgan fingerprint density at radius 1 is 1.19 bits per heavy atom. The van der Waals surface area contributed by atoms with Gasteiger partial charge in [0.05, 0.1) is 10.6 Å². The summed E-state index contributed by atoms with van der Waals surface area (Å²) in [6, 6.07) is 4.88. The van der Waals surface area contributed by atoms with Crippen LogP contribution in [0.4, 0.5) is 4.79 Å². The Hall–Kier alpha value is -1.46. The van der Waals surface area contributed by atoms with Crippen LogP contribution in [-0.4, -0.2) is 41.6 Å². The maximum Gasteiger partial charge on any atom is 0.410 e. The fourth-order valence-electron chi connectivity index (χ4n) is 3.84. The lowest BCUT2D eigenvalue weighted by Gasteiger charge is -2.26. The van der Waals surface area contributed by atoms with Gasteiger partial charge in [0.25, 0.3) is 5.91 Å². The first-order valence-corrected chi connectivity index (χ1v) is 9.63. The molecule has 0 spiro atoms. The number of hydrogen-bond donors (Lipinski definition) is 1. The highest BCUT2D eigenvalue weighted by atomic mass is 35.5. The largest absolute Gasteiger partial charge is 0.444 e. The minimum absolute atomic E-state index is 0.0340. The first kappa shape index (κ1) is 19.3. The molecule has 0 radical (unpaired) electrons. The van der Waals surface area contributed by atoms with E-state index in [9.17, 15) is 9.59 Å². The zero-order valence-corrected chi connectivity index (χ0v) is 16.7. The number of nitrogens with zero attached hydrogens (tertiary/aromatic N) is 1. The van der Waals surface area contributed by atoms with E-state index in [0.29, 0.717) is 34.6 Å². The van der Waals surface area contributed by atoms with Crippen molar-refractivity contribution in [3.05, 3.63) is 33.8 Å². The van der Waals surface area contributed by atoms with Gasteiger partial charge in [-0.25, -0.2) is 4.79 Å². The third kappa shape index (κ3) is 4.26. The highest BCUT2D eigenvalue weighted by molar-refractivity contribution is 6.36. The first-order valence-electron chi connectivity index (χ1n) is 8.88. The summed E-state index contributed by atoms with van der Waals surface area (Å²) in [6.45, 7) is 6.88. The van der Waals surface area contributed by atoms with E-state index in [-0.39, 0.29) is 24.0 Å². The highest BCUT2D eigenvalue weighted by Crippen LogP contribution is 2.39. The van der Waals surface area contributed by atoms with Crippen molar-refractivity contribution >= 4 is 35.2 Å². The number of fused-ring (bicyclic) bond motifs is 1. The number of nitrogens with one attached hydrogen (secondary N) is 1. The van der Waals surface area contributed by atoms with Gasteiger partial charge in [0.1, 0.15) is 5.60 Å². The Balaban J connectivity index is 1.63. The first-order chi connectivity index (χ1) is 12.1. The van der Waals surface area contributed by atoms with Gasteiger partial charge >= 0.3 is 6.09 Å². The van der Waals surface area contributed by atoms with Crippen LogP contribution in [-0.2, 0) is 4.74 Å². The van der Waals surface area contributed by atoms with Crippen molar-refractivity contribution in [2.75, 3.05) is 13.1 Å². The SMILES string of the molecule is CC(C)(C)OC(=O)N1CC2CCC(NC(=O)c3ccc(Cl)cc3Cl)C2C1. The van der Waals surface area contributed by atoms with Crippen LogP contribution in [0, 0.1) is 11.8 Å². The third-order valence-electron chi connectivity index (χ3n) is 5.00. The van der Waals surface area contributed by atoms with E-state index in [2.05, 4.69) is 5.32 Å². The van der Waals surface area contributed by atoms with Crippen LogP contribution < -0.4 is 5.32 Å². The number of halogens is 2. The van der Waals surface area contributed by atoms with Gasteiger partial charge in [0, 0.05) is 30.1 Å². The van der Waals surface area contributed by atoms with Crippen molar-refractivity contribution < 1.29 is 14.3 Å². The number of benzene rings is 1. The summed E-state index contributed by atoms with van der Waals surface area (Å²) in [7, 11) is 0. The molecule has 3 unspecified atom stereocenters. The van der Waals surface area contributed by atoms with Gasteiger partial charge in [0.2, 0.25) is 0 Å². The molecule has 2 fully saturated rings. The second kappa shape index (κ2) is 7.28. The minimum atomic E-state index is -0.506. The van der Waals surface area contributed by atoms with Crippen molar-refractivity contribution in [1.82, 2.24) is 10.2 Å². The van der Waals surface area contributed by atoms with E-state index in [1.54, 1.807) is 23.1 Å². The summed E-state index contributed by atoms with van der Waals surface area (Å²) in [5.74, 6) is 0.444. The molecule has 142 valence electrons. The lowest BCUT2D eigenvalue weighted by Crippen LogP contribution is -2.41. The number of ether oxygens (including phenoxy) is 1. The number of carbonyl (C=O) groups excluding carboxylic acids is 2. The molecule has 2 aliphatic rings. The lowest BCUT2D eigenvalue weighted by molar-refractivity contribution is 0.0278. The second-order valence-corrected chi connectivity index (χ2v) is 8.93. The van der Waals surface area contributed by atoms with Gasteiger partial charge in [-0.15, -0.1) is 0 Å². The van der Waals surface area contributed by atoms with Crippen LogP contribution in [0.15, 0.2) is 18.2 Å². The average molecular weight is 399 g/mol. The smallest absolute Gasteiger partial charge is 0.410 e. The maximum atomic E-state index is 12.6. The molecule has 1 aromatic rings. The van der Waals surface area contributed by atoms with E-state index in [0.717, 1.165) is 12.8 Å². The molecule has 5 nitrogen and oxygen atoms in total. The molecule has 1 N–H and O–H groups in total.